The fraction of sp³-hybridized carbons (Fsp3) is 0.455. The van der Waals surface area contributed by atoms with E-state index in [1.54, 1.807) is 23.3 Å². The molecule has 0 saturated carbocycles. The van der Waals surface area contributed by atoms with Gasteiger partial charge in [0.05, 0.1) is 32.5 Å². The molecule has 0 aliphatic carbocycles. The lowest BCUT2D eigenvalue weighted by Crippen LogP contribution is -2.44. The number of aryl methyl sites for hydroxylation is 1. The second-order valence-electron chi connectivity index (χ2n) is 4.20. The highest BCUT2D eigenvalue weighted by molar-refractivity contribution is 7.71. The molecule has 0 amide bonds. The maximum atomic E-state index is 5.43. The van der Waals surface area contributed by atoms with Crippen LogP contribution in [-0.2, 0) is 11.8 Å². The van der Waals surface area contributed by atoms with E-state index >= 15 is 0 Å². The summed E-state index contributed by atoms with van der Waals surface area (Å²) in [5.41, 5.74) is 0.709. The molecule has 1 aliphatic rings. The monoisotopic (exact) mass is 278 g/mol. The number of hydrogen-bond donors (Lipinski definition) is 0. The van der Waals surface area contributed by atoms with Gasteiger partial charge in [-0.1, -0.05) is 0 Å². The van der Waals surface area contributed by atoms with Crippen LogP contribution in [0.1, 0.15) is 0 Å². The van der Waals surface area contributed by atoms with Crippen LogP contribution in [-0.4, -0.2) is 50.7 Å². The molecule has 0 atom stereocenters. The average Bonchev–Trinajstić information content (AvgIpc) is 2.77. The smallest absolute Gasteiger partial charge is 0.217 e. The molecule has 19 heavy (non-hydrogen) atoms. The Morgan fingerprint density at radius 2 is 2.05 bits per heavy atom. The largest absolute Gasteiger partial charge is 0.378 e. The van der Waals surface area contributed by atoms with Crippen molar-refractivity contribution in [2.45, 2.75) is 0 Å². The number of morpholine rings is 1. The van der Waals surface area contributed by atoms with Crippen LogP contribution in [0.3, 0.4) is 0 Å². The second-order valence-corrected chi connectivity index (χ2v) is 4.56. The summed E-state index contributed by atoms with van der Waals surface area (Å²) in [6.07, 6.45) is 4.98. The van der Waals surface area contributed by atoms with Crippen molar-refractivity contribution in [3.8, 4) is 11.5 Å². The molecule has 100 valence electrons. The van der Waals surface area contributed by atoms with Gasteiger partial charge < -0.3 is 9.75 Å². The van der Waals surface area contributed by atoms with E-state index in [0.29, 0.717) is 29.5 Å². The van der Waals surface area contributed by atoms with Crippen molar-refractivity contribution in [1.82, 2.24) is 24.4 Å². The van der Waals surface area contributed by atoms with Crippen LogP contribution < -0.4 is 5.01 Å². The fourth-order valence-corrected chi connectivity index (χ4v) is 2.28. The Balaban J connectivity index is 2.10. The van der Waals surface area contributed by atoms with Gasteiger partial charge >= 0.3 is 0 Å². The molecule has 8 heteroatoms. The maximum Gasteiger partial charge on any atom is 0.217 e. The Bertz CT molecular complexity index is 616. The molecule has 3 rings (SSSR count). The molecule has 1 fully saturated rings. The standard InChI is InChI=1S/C11H14N6OS/c1-15-11(19)17(16-4-6-18-7-5-16)10(14-15)9-8-12-2-3-13-9/h2-3,8H,4-7H2,1H3. The molecule has 3 heterocycles. The molecule has 0 unspecified atom stereocenters. The first-order valence-electron chi connectivity index (χ1n) is 6.03. The van der Waals surface area contributed by atoms with E-state index in [0.717, 1.165) is 13.1 Å². The summed E-state index contributed by atoms with van der Waals surface area (Å²) in [6, 6.07) is 0. The summed E-state index contributed by atoms with van der Waals surface area (Å²) < 4.78 is 9.60. The molecule has 0 radical (unpaired) electrons. The van der Waals surface area contributed by atoms with Gasteiger partial charge in [0.1, 0.15) is 5.69 Å². The van der Waals surface area contributed by atoms with Crippen molar-refractivity contribution in [2.24, 2.45) is 7.05 Å². The predicted octanol–water partition coefficient (Wildman–Crippen LogP) is 0.376. The number of aromatic nitrogens is 5. The van der Waals surface area contributed by atoms with Crippen molar-refractivity contribution < 1.29 is 4.74 Å². The van der Waals surface area contributed by atoms with Crippen LogP contribution in [0.25, 0.3) is 11.5 Å². The van der Waals surface area contributed by atoms with Crippen molar-refractivity contribution in [3.05, 3.63) is 23.4 Å². The normalized spacial score (nSPS) is 15.7. The Morgan fingerprint density at radius 1 is 1.26 bits per heavy atom. The lowest BCUT2D eigenvalue weighted by Gasteiger charge is -2.29. The summed E-state index contributed by atoms with van der Waals surface area (Å²) in [7, 11) is 1.83. The van der Waals surface area contributed by atoms with Gasteiger partial charge in [-0.15, -0.1) is 5.10 Å². The Morgan fingerprint density at radius 3 is 2.74 bits per heavy atom. The lowest BCUT2D eigenvalue weighted by molar-refractivity contribution is 0.111. The molecule has 7 nitrogen and oxygen atoms in total. The van der Waals surface area contributed by atoms with Gasteiger partial charge in [-0.3, -0.25) is 4.98 Å². The number of nitrogens with zero attached hydrogens (tertiary/aromatic N) is 6. The molecule has 2 aromatic rings. The van der Waals surface area contributed by atoms with Gasteiger partial charge in [-0.2, -0.15) is 0 Å². The van der Waals surface area contributed by atoms with Crippen LogP contribution in [0.5, 0.6) is 0 Å². The first-order chi connectivity index (χ1) is 9.27. The zero-order valence-corrected chi connectivity index (χ0v) is 11.4. The van der Waals surface area contributed by atoms with E-state index in [4.69, 9.17) is 17.0 Å². The third-order valence-corrected chi connectivity index (χ3v) is 3.40. The minimum atomic E-state index is 0.641. The van der Waals surface area contributed by atoms with Gasteiger partial charge in [-0.05, 0) is 12.2 Å². The van der Waals surface area contributed by atoms with Crippen LogP contribution in [0.15, 0.2) is 18.6 Å². The molecule has 0 spiro atoms. The topological polar surface area (TPSA) is 61.0 Å². The van der Waals surface area contributed by atoms with E-state index in [9.17, 15) is 0 Å². The van der Waals surface area contributed by atoms with Crippen molar-refractivity contribution >= 4 is 12.2 Å². The van der Waals surface area contributed by atoms with E-state index in [-0.39, 0.29) is 0 Å². The second kappa shape index (κ2) is 5.06. The minimum absolute atomic E-state index is 0.641. The van der Waals surface area contributed by atoms with Crippen molar-refractivity contribution in [3.63, 3.8) is 0 Å². The highest BCUT2D eigenvalue weighted by Gasteiger charge is 2.19. The quantitative estimate of drug-likeness (QED) is 0.740. The number of ether oxygens (including phenoxy) is 1. The molecular formula is C11H14N6OS. The van der Waals surface area contributed by atoms with Crippen LogP contribution >= 0.6 is 12.2 Å². The summed E-state index contributed by atoms with van der Waals surface area (Å²) in [6.45, 7) is 2.95. The van der Waals surface area contributed by atoms with E-state index < -0.39 is 0 Å². The summed E-state index contributed by atoms with van der Waals surface area (Å²) in [5, 5.41) is 6.57. The lowest BCUT2D eigenvalue weighted by atomic mass is 10.4. The van der Waals surface area contributed by atoms with Gasteiger partial charge in [-0.25, -0.2) is 14.3 Å². The fourth-order valence-electron chi connectivity index (χ4n) is 2.04. The van der Waals surface area contributed by atoms with Gasteiger partial charge in [0, 0.05) is 19.4 Å². The van der Waals surface area contributed by atoms with Crippen molar-refractivity contribution in [1.29, 1.82) is 0 Å². The molecule has 0 N–H and O–H groups in total. The van der Waals surface area contributed by atoms with Gasteiger partial charge in [0.25, 0.3) is 0 Å². The average molecular weight is 278 g/mol. The number of hydrogen-bond acceptors (Lipinski definition) is 6. The maximum absolute atomic E-state index is 5.43. The molecule has 1 saturated heterocycles. The van der Waals surface area contributed by atoms with E-state index in [2.05, 4.69) is 20.1 Å². The SMILES string of the molecule is Cn1nc(-c2cnccn2)n(N2CCOCC2)c1=S. The molecule has 0 bridgehead atoms. The summed E-state index contributed by atoms with van der Waals surface area (Å²) in [4.78, 5) is 8.38. The third kappa shape index (κ3) is 2.24. The van der Waals surface area contributed by atoms with Crippen LogP contribution in [0.2, 0.25) is 0 Å². The summed E-state index contributed by atoms with van der Waals surface area (Å²) >= 11 is 5.43. The Kier molecular flexibility index (Phi) is 3.26. The Hall–Kier alpha value is -1.80. The zero-order valence-electron chi connectivity index (χ0n) is 10.6. The zero-order chi connectivity index (χ0) is 13.2. The highest BCUT2D eigenvalue weighted by Crippen LogP contribution is 2.15. The van der Waals surface area contributed by atoms with Crippen LogP contribution in [0.4, 0.5) is 0 Å². The van der Waals surface area contributed by atoms with E-state index in [1.807, 2.05) is 11.7 Å². The van der Waals surface area contributed by atoms with Crippen molar-refractivity contribution in [2.75, 3.05) is 31.3 Å². The summed E-state index contributed by atoms with van der Waals surface area (Å²) in [5.74, 6) is 0.711. The minimum Gasteiger partial charge on any atom is -0.378 e. The molecule has 0 aromatic carbocycles. The van der Waals surface area contributed by atoms with E-state index in [1.165, 1.54) is 0 Å². The van der Waals surface area contributed by atoms with Gasteiger partial charge in [0.15, 0.2) is 0 Å². The molecule has 1 aliphatic heterocycles. The van der Waals surface area contributed by atoms with Crippen LogP contribution in [0, 0.1) is 4.77 Å². The molecule has 2 aromatic heterocycles. The van der Waals surface area contributed by atoms with Gasteiger partial charge in [0.2, 0.25) is 10.6 Å². The highest BCUT2D eigenvalue weighted by atomic mass is 32.1. The number of rotatable bonds is 2. The third-order valence-electron chi connectivity index (χ3n) is 2.97. The molecular weight excluding hydrogens is 264 g/mol. The first-order valence-corrected chi connectivity index (χ1v) is 6.43. The predicted molar refractivity (Wildman–Crippen MR) is 71.8 cm³/mol. The Labute approximate surface area is 115 Å². The first kappa shape index (κ1) is 12.2.